The predicted molar refractivity (Wildman–Crippen MR) is 204 cm³/mol. The smallest absolute Gasteiger partial charge is 0.162 e. The molecule has 0 saturated carbocycles. The zero-order chi connectivity index (χ0) is 34.4. The van der Waals surface area contributed by atoms with Gasteiger partial charge in [0.15, 0.2) is 11.7 Å². The summed E-state index contributed by atoms with van der Waals surface area (Å²) in [5.74, 6) is 4.06. The fourth-order valence-electron chi connectivity index (χ4n) is 7.02. The van der Waals surface area contributed by atoms with Gasteiger partial charge < -0.3 is 18.9 Å². The Hall–Kier alpha value is -3.06. The normalized spacial score (nSPS) is 21.7. The van der Waals surface area contributed by atoms with Crippen molar-refractivity contribution in [1.29, 1.82) is 0 Å². The molecule has 0 N–H and O–H groups in total. The number of benzene rings is 4. The van der Waals surface area contributed by atoms with E-state index < -0.39 is 15.8 Å². The first-order valence-corrected chi connectivity index (χ1v) is 20.2. The van der Waals surface area contributed by atoms with Crippen LogP contribution in [0.2, 0.25) is 0 Å². The van der Waals surface area contributed by atoms with Crippen LogP contribution in [0.1, 0.15) is 92.6 Å². The Labute approximate surface area is 291 Å². The molecule has 4 aromatic carbocycles. The topological polar surface area (TPSA) is 36.9 Å². The molecular weight excluding hydrogens is 630 g/mol. The lowest BCUT2D eigenvalue weighted by atomic mass is 9.99. The highest BCUT2D eigenvalue weighted by atomic mass is 31.1. The van der Waals surface area contributed by atoms with Crippen LogP contribution in [0.25, 0.3) is 0 Å². The van der Waals surface area contributed by atoms with Gasteiger partial charge in [0.1, 0.15) is 35.2 Å². The molecule has 0 bridgehead atoms. The van der Waals surface area contributed by atoms with Crippen LogP contribution >= 0.6 is 15.8 Å². The van der Waals surface area contributed by atoms with Crippen molar-refractivity contribution in [2.45, 2.75) is 103 Å². The Morgan fingerprint density at radius 1 is 0.500 bits per heavy atom. The summed E-state index contributed by atoms with van der Waals surface area (Å²) in [6, 6.07) is 33.9. The van der Waals surface area contributed by atoms with Crippen LogP contribution in [0.15, 0.2) is 97.1 Å². The van der Waals surface area contributed by atoms with E-state index in [1.54, 1.807) is 0 Å². The molecule has 0 amide bonds. The molecule has 0 fully saturated rings. The summed E-state index contributed by atoms with van der Waals surface area (Å²) in [5, 5.41) is 2.32. The highest BCUT2D eigenvalue weighted by Gasteiger charge is 2.55. The number of hydrogen-bond acceptors (Lipinski definition) is 4. The zero-order valence-corrected chi connectivity index (χ0v) is 32.0. The Balaban J connectivity index is 1.40. The molecule has 6 atom stereocenters. The van der Waals surface area contributed by atoms with E-state index in [2.05, 4.69) is 166 Å². The van der Waals surface area contributed by atoms with E-state index in [9.17, 15) is 0 Å². The Morgan fingerprint density at radius 3 is 1.17 bits per heavy atom. The molecule has 6 rings (SSSR count). The van der Waals surface area contributed by atoms with E-state index in [1.165, 1.54) is 21.7 Å². The minimum atomic E-state index is -0.862. The number of ether oxygens (including phenoxy) is 4. The first-order valence-electron chi connectivity index (χ1n) is 17.4. The second-order valence-electron chi connectivity index (χ2n) is 15.7. The molecule has 254 valence electrons. The molecule has 0 saturated heterocycles. The molecule has 2 heterocycles. The van der Waals surface area contributed by atoms with Crippen molar-refractivity contribution in [3.05, 3.63) is 108 Å². The largest absolute Gasteiger partial charge is 0.485 e. The lowest BCUT2D eigenvalue weighted by Gasteiger charge is -2.40. The van der Waals surface area contributed by atoms with Gasteiger partial charge >= 0.3 is 0 Å². The van der Waals surface area contributed by atoms with E-state index in [0.717, 1.165) is 23.0 Å². The fourth-order valence-corrected chi connectivity index (χ4v) is 13.7. The zero-order valence-electron chi connectivity index (χ0n) is 30.2. The van der Waals surface area contributed by atoms with Gasteiger partial charge in [0.25, 0.3) is 0 Å². The fraction of sp³-hybridized carbons (Fsp3) is 0.429. The summed E-state index contributed by atoms with van der Waals surface area (Å²) in [4.78, 5) is 0. The van der Waals surface area contributed by atoms with E-state index in [-0.39, 0.29) is 34.2 Å². The van der Waals surface area contributed by atoms with Crippen LogP contribution in [0, 0.1) is 11.8 Å². The first-order chi connectivity index (χ1) is 22.8. The van der Waals surface area contributed by atoms with Gasteiger partial charge in [-0.15, -0.1) is 0 Å². The molecule has 2 aliphatic heterocycles. The molecule has 4 nitrogen and oxygen atoms in total. The van der Waals surface area contributed by atoms with Crippen LogP contribution in [-0.2, 0) is 0 Å². The van der Waals surface area contributed by atoms with Crippen molar-refractivity contribution in [1.82, 2.24) is 0 Å². The molecule has 0 aromatic heterocycles. The summed E-state index contributed by atoms with van der Waals surface area (Å²) in [7, 11) is -1.72. The summed E-state index contributed by atoms with van der Waals surface area (Å²) < 4.78 is 28.2. The van der Waals surface area contributed by atoms with Crippen LogP contribution in [0.4, 0.5) is 0 Å². The third-order valence-corrected chi connectivity index (χ3v) is 15.8. The van der Waals surface area contributed by atoms with Crippen molar-refractivity contribution >= 4 is 26.5 Å². The maximum Gasteiger partial charge on any atom is 0.162 e. The average Bonchev–Trinajstić information content (AvgIpc) is 3.63. The third-order valence-electron chi connectivity index (χ3n) is 9.07. The molecule has 48 heavy (non-hydrogen) atoms. The second-order valence-corrected chi connectivity index (χ2v) is 21.8. The highest BCUT2D eigenvalue weighted by Crippen LogP contribution is 2.69. The Kier molecular flexibility index (Phi) is 9.92. The predicted octanol–water partition coefficient (Wildman–Crippen LogP) is 11.2. The van der Waals surface area contributed by atoms with Gasteiger partial charge in [-0.2, -0.15) is 0 Å². The van der Waals surface area contributed by atoms with Crippen LogP contribution in [0.5, 0.6) is 23.0 Å². The lowest BCUT2D eigenvalue weighted by Crippen LogP contribution is -2.38. The molecular formula is C42H52O4P2. The van der Waals surface area contributed by atoms with Gasteiger partial charge in [-0.05, 0) is 73.4 Å². The minimum Gasteiger partial charge on any atom is -0.485 e. The van der Waals surface area contributed by atoms with Gasteiger partial charge in [-0.3, -0.25) is 0 Å². The molecule has 0 spiro atoms. The second kappa shape index (κ2) is 13.7. The van der Waals surface area contributed by atoms with E-state index >= 15 is 0 Å². The minimum absolute atomic E-state index is 0.0583. The Bertz CT molecular complexity index is 1560. The van der Waals surface area contributed by atoms with Crippen molar-refractivity contribution in [2.24, 2.45) is 11.8 Å². The van der Waals surface area contributed by atoms with Crippen LogP contribution < -0.4 is 29.6 Å². The number of hydrogen-bond donors (Lipinski definition) is 0. The van der Waals surface area contributed by atoms with E-state index in [4.69, 9.17) is 18.9 Å². The van der Waals surface area contributed by atoms with Crippen molar-refractivity contribution in [3.63, 3.8) is 0 Å². The van der Waals surface area contributed by atoms with Crippen LogP contribution in [-0.4, -0.2) is 22.0 Å². The average molecular weight is 683 g/mol. The monoisotopic (exact) mass is 682 g/mol. The molecule has 0 aliphatic carbocycles. The lowest BCUT2D eigenvalue weighted by molar-refractivity contribution is 0.153. The summed E-state index contributed by atoms with van der Waals surface area (Å²) in [6.45, 7) is 23.0. The van der Waals surface area contributed by atoms with E-state index in [1.807, 2.05) is 0 Å². The van der Waals surface area contributed by atoms with Gasteiger partial charge in [0.2, 0.25) is 0 Å². The Morgan fingerprint density at radius 2 is 0.854 bits per heavy atom. The molecule has 2 unspecified atom stereocenters. The molecule has 0 radical (unpaired) electrons. The van der Waals surface area contributed by atoms with Gasteiger partial charge in [0, 0.05) is 0 Å². The third kappa shape index (κ3) is 6.86. The van der Waals surface area contributed by atoms with E-state index in [0.29, 0.717) is 11.8 Å². The SMILES string of the molecule is CC(C)[C@H](Oc1cccc2c1P(C(C)(C)C)[C@@H]([C@@H]1Oc3cccc(O[C@@H](c4ccccc4)C(C)C)c3P1C(C)(C)C)O2)c1ccccc1. The standard InChI is InChI=1S/C42H52O4P2/c1-27(2)35(29-19-13-11-14-20-29)43-31-23-17-25-33-37(31)47(41(5,6)7)39(45-33)40-46-34-26-18-24-32(38(34)48(40)42(8,9)10)44-36(28(3)4)30-21-15-12-16-22-30/h11-28,35-36,39-40H,1-10H3/t35-,36+,39-,40+,47?,48?. The van der Waals surface area contributed by atoms with Crippen molar-refractivity contribution < 1.29 is 18.9 Å². The van der Waals surface area contributed by atoms with Crippen molar-refractivity contribution in [2.75, 3.05) is 0 Å². The first kappa shape index (κ1) is 34.8. The highest BCUT2D eigenvalue weighted by molar-refractivity contribution is 7.72. The van der Waals surface area contributed by atoms with Crippen LogP contribution in [0.3, 0.4) is 0 Å². The maximum atomic E-state index is 7.10. The molecule has 6 heteroatoms. The van der Waals surface area contributed by atoms with Crippen molar-refractivity contribution in [3.8, 4) is 23.0 Å². The summed E-state index contributed by atoms with van der Waals surface area (Å²) >= 11 is 0. The number of fused-ring (bicyclic) bond motifs is 2. The summed E-state index contributed by atoms with van der Waals surface area (Å²) in [5.41, 5.74) is 2.38. The van der Waals surface area contributed by atoms with Gasteiger partial charge in [0.05, 0.1) is 10.6 Å². The maximum absolute atomic E-state index is 7.10. The number of rotatable bonds is 9. The molecule has 4 aromatic rings. The van der Waals surface area contributed by atoms with Gasteiger partial charge in [-0.25, -0.2) is 0 Å². The van der Waals surface area contributed by atoms with Gasteiger partial charge in [-0.1, -0.05) is 142 Å². The quantitative estimate of drug-likeness (QED) is 0.165. The molecule has 2 aliphatic rings. The summed E-state index contributed by atoms with van der Waals surface area (Å²) in [6.07, 6.45) is -0.129.